The minimum Gasteiger partial charge on any atom is -0.422 e. The Balaban J connectivity index is 1.89. The largest absolute Gasteiger partial charge is 0.422 e. The molecule has 0 unspecified atom stereocenters. The monoisotopic (exact) mass is 344 g/mol. The summed E-state index contributed by atoms with van der Waals surface area (Å²) in [5.74, 6) is 0.349. The second-order valence-corrected chi connectivity index (χ2v) is 6.36. The highest BCUT2D eigenvalue weighted by Gasteiger charge is 2.19. The molecule has 0 spiro atoms. The summed E-state index contributed by atoms with van der Waals surface area (Å²) >= 11 is 0. The molecule has 2 aromatic rings. The number of rotatable bonds is 4. The lowest BCUT2D eigenvalue weighted by Gasteiger charge is -2.22. The average Bonchev–Trinajstić information content (AvgIpc) is 2.72. The molecule has 0 N–H and O–H groups in total. The maximum Gasteiger partial charge on any atom is 0.336 e. The second kappa shape index (κ2) is 9.00. The number of ether oxygens (including phenoxy) is 1. The number of hydrogen-bond acceptors (Lipinski definition) is 2. The molecule has 1 aliphatic rings. The van der Waals surface area contributed by atoms with Crippen molar-refractivity contribution in [3.63, 3.8) is 0 Å². The van der Waals surface area contributed by atoms with Gasteiger partial charge >= 0.3 is 5.97 Å². The van der Waals surface area contributed by atoms with E-state index in [0.29, 0.717) is 5.76 Å². The molecule has 1 fully saturated rings. The molecule has 1 aliphatic carbocycles. The quantitative estimate of drug-likeness (QED) is 0.376. The minimum atomic E-state index is -0.346. The number of benzene rings is 2. The zero-order valence-electron chi connectivity index (χ0n) is 15.2. The molecule has 0 aromatic heterocycles. The summed E-state index contributed by atoms with van der Waals surface area (Å²) in [7, 11) is 0. The number of carbonyl (C=O) groups excluding carboxylic acids is 1. The Labute approximate surface area is 155 Å². The first-order valence-electron chi connectivity index (χ1n) is 9.17. The molecule has 0 radical (unpaired) electrons. The number of esters is 1. The zero-order valence-corrected chi connectivity index (χ0v) is 15.2. The molecular formula is C24H24O2. The van der Waals surface area contributed by atoms with Gasteiger partial charge in [-0.05, 0) is 55.4 Å². The summed E-state index contributed by atoms with van der Waals surface area (Å²) in [6.07, 6.45) is 9.72. The van der Waals surface area contributed by atoms with E-state index in [2.05, 4.69) is 13.0 Å². The molecule has 1 saturated carbocycles. The van der Waals surface area contributed by atoms with Gasteiger partial charge in [-0.2, -0.15) is 0 Å². The summed E-state index contributed by atoms with van der Waals surface area (Å²) in [5, 5.41) is 0. The Hall–Kier alpha value is -2.87. The Kier molecular flexibility index (Phi) is 6.21. The average molecular weight is 344 g/mol. The molecule has 2 aromatic carbocycles. The second-order valence-electron chi connectivity index (χ2n) is 6.36. The third-order valence-electron chi connectivity index (χ3n) is 4.58. The van der Waals surface area contributed by atoms with Crippen LogP contribution in [0.1, 0.15) is 43.7 Å². The van der Waals surface area contributed by atoms with Gasteiger partial charge in [0.25, 0.3) is 0 Å². The van der Waals surface area contributed by atoms with Crippen molar-refractivity contribution >= 4 is 17.8 Å². The Bertz CT molecular complexity index is 827. The topological polar surface area (TPSA) is 26.3 Å². The molecule has 2 nitrogen and oxygen atoms in total. The van der Waals surface area contributed by atoms with Crippen molar-refractivity contribution in [3.05, 3.63) is 95.1 Å². The van der Waals surface area contributed by atoms with Crippen molar-refractivity contribution in [2.24, 2.45) is 0 Å². The van der Waals surface area contributed by atoms with Crippen LogP contribution in [-0.4, -0.2) is 5.97 Å². The normalized spacial score (nSPS) is 18.1. The van der Waals surface area contributed by atoms with Crippen molar-refractivity contribution in [1.29, 1.82) is 0 Å². The summed E-state index contributed by atoms with van der Waals surface area (Å²) < 4.78 is 5.84. The highest BCUT2D eigenvalue weighted by molar-refractivity contribution is 5.91. The van der Waals surface area contributed by atoms with Crippen LogP contribution in [0.15, 0.2) is 84.0 Å². The van der Waals surface area contributed by atoms with Crippen LogP contribution in [0.3, 0.4) is 0 Å². The Morgan fingerprint density at radius 1 is 0.923 bits per heavy atom. The van der Waals surface area contributed by atoms with Crippen LogP contribution < -0.4 is 0 Å². The third kappa shape index (κ3) is 4.60. The van der Waals surface area contributed by atoms with Crippen LogP contribution in [0, 0.1) is 0 Å². The molecule has 132 valence electrons. The van der Waals surface area contributed by atoms with Crippen LogP contribution in [0.5, 0.6) is 0 Å². The van der Waals surface area contributed by atoms with Crippen molar-refractivity contribution in [2.45, 2.75) is 32.6 Å². The van der Waals surface area contributed by atoms with Gasteiger partial charge in [-0.15, -0.1) is 0 Å². The first-order chi connectivity index (χ1) is 12.8. The van der Waals surface area contributed by atoms with E-state index in [9.17, 15) is 4.79 Å². The van der Waals surface area contributed by atoms with Gasteiger partial charge in [0, 0.05) is 11.6 Å². The highest BCUT2D eigenvalue weighted by Crippen LogP contribution is 2.35. The maximum absolute atomic E-state index is 12.5. The van der Waals surface area contributed by atoms with Crippen molar-refractivity contribution in [3.8, 4) is 0 Å². The molecule has 0 aliphatic heterocycles. The molecule has 0 amide bonds. The van der Waals surface area contributed by atoms with Crippen LogP contribution in [0.2, 0.25) is 0 Å². The molecule has 3 rings (SSSR count). The van der Waals surface area contributed by atoms with E-state index in [0.717, 1.165) is 36.0 Å². The predicted octanol–water partition coefficient (Wildman–Crippen LogP) is 6.17. The first kappa shape index (κ1) is 17.9. The van der Waals surface area contributed by atoms with E-state index >= 15 is 0 Å². The maximum atomic E-state index is 12.5. The van der Waals surface area contributed by atoms with E-state index in [1.54, 1.807) is 6.08 Å². The molecule has 0 heterocycles. The molecule has 26 heavy (non-hydrogen) atoms. The highest BCUT2D eigenvalue weighted by atomic mass is 16.5. The first-order valence-corrected chi connectivity index (χ1v) is 9.17. The van der Waals surface area contributed by atoms with E-state index < -0.39 is 0 Å². The molecule has 0 bridgehead atoms. The van der Waals surface area contributed by atoms with Crippen LogP contribution in [0.4, 0.5) is 0 Å². The zero-order chi connectivity index (χ0) is 18.2. The van der Waals surface area contributed by atoms with Crippen molar-refractivity contribution in [1.82, 2.24) is 0 Å². The fraction of sp³-hybridized carbons (Fsp3) is 0.208. The summed E-state index contributed by atoms with van der Waals surface area (Å²) in [4.78, 5) is 12.5. The number of hydrogen-bond donors (Lipinski definition) is 0. The Morgan fingerprint density at radius 3 is 2.27 bits per heavy atom. The molecule has 0 atom stereocenters. The fourth-order valence-corrected chi connectivity index (χ4v) is 3.25. The van der Waals surface area contributed by atoms with Crippen LogP contribution in [0.25, 0.3) is 11.8 Å². The minimum absolute atomic E-state index is 0.346. The van der Waals surface area contributed by atoms with Gasteiger partial charge in [-0.3, -0.25) is 0 Å². The SMILES string of the molecule is C/C=C1\CCCC\C1=C(/OC(=O)/C=C\c1ccccc1)c1ccccc1. The van der Waals surface area contributed by atoms with Gasteiger partial charge in [0.15, 0.2) is 0 Å². The smallest absolute Gasteiger partial charge is 0.336 e. The molecule has 0 saturated heterocycles. The van der Waals surface area contributed by atoms with Crippen LogP contribution >= 0.6 is 0 Å². The van der Waals surface area contributed by atoms with Crippen molar-refractivity contribution < 1.29 is 9.53 Å². The summed E-state index contributed by atoms with van der Waals surface area (Å²) in [6.45, 7) is 2.06. The lowest BCUT2D eigenvalue weighted by atomic mass is 9.87. The van der Waals surface area contributed by atoms with Gasteiger partial charge < -0.3 is 4.74 Å². The molecular weight excluding hydrogens is 320 g/mol. The van der Waals surface area contributed by atoms with Crippen molar-refractivity contribution in [2.75, 3.05) is 0 Å². The van der Waals surface area contributed by atoms with Gasteiger partial charge in [0.1, 0.15) is 5.76 Å². The summed E-state index contributed by atoms with van der Waals surface area (Å²) in [5.41, 5.74) is 4.37. The fourth-order valence-electron chi connectivity index (χ4n) is 3.25. The van der Waals surface area contributed by atoms with E-state index in [4.69, 9.17) is 4.74 Å². The van der Waals surface area contributed by atoms with E-state index in [-0.39, 0.29) is 5.97 Å². The Morgan fingerprint density at radius 2 is 1.58 bits per heavy atom. The van der Waals surface area contributed by atoms with Gasteiger partial charge in [-0.25, -0.2) is 4.79 Å². The molecule has 2 heteroatoms. The summed E-state index contributed by atoms with van der Waals surface area (Å²) in [6, 6.07) is 19.7. The van der Waals surface area contributed by atoms with Crippen LogP contribution in [-0.2, 0) is 9.53 Å². The lowest BCUT2D eigenvalue weighted by molar-refractivity contribution is -0.131. The predicted molar refractivity (Wildman–Crippen MR) is 107 cm³/mol. The number of carbonyl (C=O) groups is 1. The lowest BCUT2D eigenvalue weighted by Crippen LogP contribution is -2.08. The third-order valence-corrected chi connectivity index (χ3v) is 4.58. The van der Waals surface area contributed by atoms with Gasteiger partial charge in [-0.1, -0.05) is 66.7 Å². The van der Waals surface area contributed by atoms with Gasteiger partial charge in [0.05, 0.1) is 0 Å². The number of allylic oxidation sites excluding steroid dienone is 3. The standard InChI is InChI=1S/C24H24O2/c1-2-20-13-9-10-16-22(20)24(21-14-7-4-8-15-21)26-23(25)18-17-19-11-5-3-6-12-19/h2-8,11-12,14-15,17-18H,9-10,13,16H2,1H3/b18-17-,20-2+,24-22+. The van der Waals surface area contributed by atoms with E-state index in [1.807, 2.05) is 60.7 Å². The van der Waals surface area contributed by atoms with E-state index in [1.165, 1.54) is 18.1 Å². The van der Waals surface area contributed by atoms with Gasteiger partial charge in [0.2, 0.25) is 0 Å².